The number of ketones is 1. The molecule has 1 aliphatic rings. The van der Waals surface area contributed by atoms with Crippen LogP contribution in [-0.2, 0) is 9.59 Å². The smallest absolute Gasteiger partial charge is 0.300 e. The minimum absolute atomic E-state index is 0.0371. The van der Waals surface area contributed by atoms with Crippen LogP contribution in [0, 0.1) is 27.7 Å². The van der Waals surface area contributed by atoms with Crippen LogP contribution in [0.25, 0.3) is 5.76 Å². The van der Waals surface area contributed by atoms with E-state index >= 15 is 0 Å². The molecule has 0 saturated carbocycles. The summed E-state index contributed by atoms with van der Waals surface area (Å²) in [6.07, 6.45) is 0. The van der Waals surface area contributed by atoms with E-state index in [2.05, 4.69) is 0 Å². The van der Waals surface area contributed by atoms with Gasteiger partial charge in [-0.1, -0.05) is 18.2 Å². The van der Waals surface area contributed by atoms with Gasteiger partial charge in [-0.05, 0) is 91.9 Å². The number of aryl methyl sites for hydroxylation is 4. The van der Waals surface area contributed by atoms with Crippen LogP contribution in [0.1, 0.15) is 39.4 Å². The van der Waals surface area contributed by atoms with Crippen molar-refractivity contribution in [1.82, 2.24) is 0 Å². The van der Waals surface area contributed by atoms with E-state index < -0.39 is 17.7 Å². The van der Waals surface area contributed by atoms with E-state index in [0.717, 1.165) is 22.3 Å². The minimum atomic E-state index is -0.826. The lowest BCUT2D eigenvalue weighted by molar-refractivity contribution is -0.132. The van der Waals surface area contributed by atoms with E-state index in [1.165, 1.54) is 4.90 Å². The maximum absolute atomic E-state index is 13.5. The van der Waals surface area contributed by atoms with Gasteiger partial charge < -0.3 is 14.6 Å². The second-order valence-corrected chi connectivity index (χ2v) is 8.93. The summed E-state index contributed by atoms with van der Waals surface area (Å²) in [5.41, 5.74) is 5.24. The molecule has 0 bridgehead atoms. The van der Waals surface area contributed by atoms with Gasteiger partial charge >= 0.3 is 0 Å². The number of aliphatic hydroxyl groups excluding tert-OH is 1. The summed E-state index contributed by atoms with van der Waals surface area (Å²) in [6.45, 7) is 7.58. The first-order chi connectivity index (χ1) is 16.7. The predicted octanol–water partition coefficient (Wildman–Crippen LogP) is 5.56. The van der Waals surface area contributed by atoms with Crippen LogP contribution in [0.3, 0.4) is 0 Å². The van der Waals surface area contributed by atoms with Crippen molar-refractivity contribution in [1.29, 1.82) is 0 Å². The Morgan fingerprint density at radius 2 is 1.54 bits per heavy atom. The van der Waals surface area contributed by atoms with Crippen LogP contribution in [0.15, 0.2) is 60.2 Å². The zero-order chi connectivity index (χ0) is 25.4. The molecule has 0 radical (unpaired) electrons. The Balaban J connectivity index is 2.00. The molecule has 35 heavy (non-hydrogen) atoms. The number of hydrogen-bond acceptors (Lipinski definition) is 5. The fourth-order valence-electron chi connectivity index (χ4n) is 4.73. The Labute approximate surface area is 205 Å². The SMILES string of the molecule is COc1cccc(C2/C(=C(\O)c3cc(C)c(OC)cc3C)C(=O)C(=O)N2c2cc(C)cc(C)c2)c1. The van der Waals surface area contributed by atoms with Gasteiger partial charge in [0.05, 0.1) is 25.8 Å². The number of carbonyl (C=O) groups excluding carboxylic acids is 2. The molecular formula is C29H29NO5. The minimum Gasteiger partial charge on any atom is -0.507 e. The van der Waals surface area contributed by atoms with E-state index in [4.69, 9.17) is 9.47 Å². The van der Waals surface area contributed by atoms with Gasteiger partial charge in [0.2, 0.25) is 0 Å². The van der Waals surface area contributed by atoms with E-state index in [-0.39, 0.29) is 11.3 Å². The van der Waals surface area contributed by atoms with Crippen LogP contribution in [0.2, 0.25) is 0 Å². The quantitative estimate of drug-likeness (QED) is 0.299. The number of aliphatic hydroxyl groups is 1. The summed E-state index contributed by atoms with van der Waals surface area (Å²) in [6, 6.07) is 15.7. The lowest BCUT2D eigenvalue weighted by atomic mass is 9.92. The molecule has 1 aliphatic heterocycles. The number of carbonyl (C=O) groups is 2. The summed E-state index contributed by atoms with van der Waals surface area (Å²) in [7, 11) is 3.14. The average molecular weight is 472 g/mol. The highest BCUT2D eigenvalue weighted by Gasteiger charge is 2.47. The molecule has 1 unspecified atom stereocenters. The monoisotopic (exact) mass is 471 g/mol. The molecule has 1 atom stereocenters. The third kappa shape index (κ3) is 4.28. The lowest BCUT2D eigenvalue weighted by Crippen LogP contribution is -2.29. The molecule has 1 N–H and O–H groups in total. The zero-order valence-corrected chi connectivity index (χ0v) is 20.8. The standard InChI is InChI=1S/C29H29NO5/c1-16-10-17(2)12-21(11-16)30-26(20-8-7-9-22(15-20)34-5)25(28(32)29(30)33)27(31)23-13-19(4)24(35-6)14-18(23)3/h7-15,26,31H,1-6H3/b27-25+. The molecule has 1 saturated heterocycles. The van der Waals surface area contributed by atoms with Crippen molar-refractivity contribution < 1.29 is 24.2 Å². The number of methoxy groups -OCH3 is 2. The number of anilines is 1. The van der Waals surface area contributed by atoms with E-state index in [1.807, 2.05) is 58.0 Å². The number of ether oxygens (including phenoxy) is 2. The highest BCUT2D eigenvalue weighted by Crippen LogP contribution is 2.44. The molecule has 1 heterocycles. The molecule has 0 spiro atoms. The molecule has 3 aromatic rings. The van der Waals surface area contributed by atoms with Crippen LogP contribution in [-0.4, -0.2) is 31.0 Å². The number of Topliss-reactive ketones (excluding diaryl/α,β-unsaturated/α-hetero) is 1. The molecular weight excluding hydrogens is 442 g/mol. The van der Waals surface area contributed by atoms with Gasteiger partial charge in [-0.2, -0.15) is 0 Å². The Bertz CT molecular complexity index is 1350. The van der Waals surface area contributed by atoms with Gasteiger partial charge in [0, 0.05) is 11.3 Å². The summed E-state index contributed by atoms with van der Waals surface area (Å²) in [4.78, 5) is 28.4. The summed E-state index contributed by atoms with van der Waals surface area (Å²) < 4.78 is 10.8. The Morgan fingerprint density at radius 3 is 2.17 bits per heavy atom. The highest BCUT2D eigenvalue weighted by atomic mass is 16.5. The lowest BCUT2D eigenvalue weighted by Gasteiger charge is -2.26. The second kappa shape index (κ2) is 9.29. The molecule has 1 fully saturated rings. The van der Waals surface area contributed by atoms with Gasteiger partial charge in [0.15, 0.2) is 0 Å². The van der Waals surface area contributed by atoms with Crippen molar-refractivity contribution in [2.75, 3.05) is 19.1 Å². The van der Waals surface area contributed by atoms with E-state index in [9.17, 15) is 14.7 Å². The predicted molar refractivity (Wildman–Crippen MR) is 136 cm³/mol. The van der Waals surface area contributed by atoms with Gasteiger partial charge in [0.25, 0.3) is 11.7 Å². The van der Waals surface area contributed by atoms with Crippen molar-refractivity contribution in [2.24, 2.45) is 0 Å². The van der Waals surface area contributed by atoms with Gasteiger partial charge in [-0.3, -0.25) is 14.5 Å². The molecule has 3 aromatic carbocycles. The number of rotatable bonds is 5. The van der Waals surface area contributed by atoms with E-state index in [1.54, 1.807) is 38.5 Å². The Kier molecular flexibility index (Phi) is 6.39. The van der Waals surface area contributed by atoms with E-state index in [0.29, 0.717) is 28.3 Å². The van der Waals surface area contributed by atoms with Crippen LogP contribution < -0.4 is 14.4 Å². The zero-order valence-electron chi connectivity index (χ0n) is 20.8. The van der Waals surface area contributed by atoms with Crippen molar-refractivity contribution in [2.45, 2.75) is 33.7 Å². The topological polar surface area (TPSA) is 76.1 Å². The van der Waals surface area contributed by atoms with Crippen LogP contribution >= 0.6 is 0 Å². The molecule has 4 rings (SSSR count). The van der Waals surface area contributed by atoms with Gasteiger partial charge in [-0.15, -0.1) is 0 Å². The van der Waals surface area contributed by atoms with Crippen molar-refractivity contribution >= 4 is 23.1 Å². The maximum Gasteiger partial charge on any atom is 0.300 e. The van der Waals surface area contributed by atoms with Crippen LogP contribution in [0.5, 0.6) is 11.5 Å². The molecule has 0 aliphatic carbocycles. The number of benzene rings is 3. The third-order valence-electron chi connectivity index (χ3n) is 6.34. The Morgan fingerprint density at radius 1 is 0.857 bits per heavy atom. The summed E-state index contributed by atoms with van der Waals surface area (Å²) in [5, 5.41) is 11.5. The van der Waals surface area contributed by atoms with Gasteiger partial charge in [-0.25, -0.2) is 0 Å². The van der Waals surface area contributed by atoms with Crippen LogP contribution in [0.4, 0.5) is 5.69 Å². The third-order valence-corrected chi connectivity index (χ3v) is 6.34. The average Bonchev–Trinajstić information content (AvgIpc) is 3.09. The summed E-state index contributed by atoms with van der Waals surface area (Å²) in [5.74, 6) is -0.370. The molecule has 6 heteroatoms. The maximum atomic E-state index is 13.5. The molecule has 180 valence electrons. The molecule has 6 nitrogen and oxygen atoms in total. The Hall–Kier alpha value is -4.06. The fourth-order valence-corrected chi connectivity index (χ4v) is 4.73. The van der Waals surface area contributed by atoms with Crippen molar-refractivity contribution in [3.63, 3.8) is 0 Å². The first-order valence-electron chi connectivity index (χ1n) is 11.3. The first-order valence-corrected chi connectivity index (χ1v) is 11.3. The van der Waals surface area contributed by atoms with Gasteiger partial charge in [0.1, 0.15) is 17.3 Å². The van der Waals surface area contributed by atoms with Crippen molar-refractivity contribution in [3.8, 4) is 11.5 Å². The number of hydrogen-bond donors (Lipinski definition) is 1. The highest BCUT2D eigenvalue weighted by molar-refractivity contribution is 6.51. The summed E-state index contributed by atoms with van der Waals surface area (Å²) >= 11 is 0. The van der Waals surface area contributed by atoms with Crippen molar-refractivity contribution in [3.05, 3.63) is 93.6 Å². The largest absolute Gasteiger partial charge is 0.507 e. The normalized spacial score (nSPS) is 17.1. The fraction of sp³-hybridized carbons (Fsp3) is 0.241. The number of amides is 1. The molecule has 1 amide bonds. The first kappa shape index (κ1) is 24.1. The number of nitrogens with zero attached hydrogens (tertiary/aromatic N) is 1. The molecule has 0 aromatic heterocycles. The second-order valence-electron chi connectivity index (χ2n) is 8.93.